The molecule has 0 spiro atoms. The molecule has 2 N–H and O–H groups in total. The van der Waals surface area contributed by atoms with E-state index in [0.717, 1.165) is 0 Å². The molecule has 0 saturated carbocycles. The lowest BCUT2D eigenvalue weighted by molar-refractivity contribution is 0.0687. The molecule has 6 heteroatoms. The van der Waals surface area contributed by atoms with E-state index in [9.17, 15) is 9.90 Å². The van der Waals surface area contributed by atoms with Crippen LogP contribution in [-0.4, -0.2) is 20.7 Å². The third-order valence-electron chi connectivity index (χ3n) is 2.43. The molecule has 1 aromatic carbocycles. The summed E-state index contributed by atoms with van der Waals surface area (Å²) in [6.45, 7) is 0. The maximum absolute atomic E-state index is 10.9. The molecular weight excluding hydrogens is 253 g/mol. The van der Waals surface area contributed by atoms with E-state index in [4.69, 9.17) is 28.3 Å². The van der Waals surface area contributed by atoms with E-state index in [0.29, 0.717) is 10.9 Å². The van der Waals surface area contributed by atoms with Gasteiger partial charge in [0.05, 0.1) is 10.5 Å². The van der Waals surface area contributed by atoms with E-state index in [2.05, 4.69) is 0 Å². The zero-order valence-corrected chi connectivity index (χ0v) is 9.67. The largest absolute Gasteiger partial charge is 0.506 e. The predicted octanol–water partition coefficient (Wildman–Crippen LogP) is 2.89. The van der Waals surface area contributed by atoms with Crippen LogP contribution in [0.3, 0.4) is 0 Å². The van der Waals surface area contributed by atoms with Gasteiger partial charge in [0, 0.05) is 18.5 Å². The van der Waals surface area contributed by atoms with Gasteiger partial charge in [0.15, 0.2) is 0 Å². The summed E-state index contributed by atoms with van der Waals surface area (Å²) >= 11 is 11.7. The second-order valence-electron chi connectivity index (χ2n) is 3.35. The number of hydrogen-bond acceptors (Lipinski definition) is 2. The van der Waals surface area contributed by atoms with Crippen molar-refractivity contribution in [1.29, 1.82) is 0 Å². The number of phenols is 1. The molecule has 1 aromatic heterocycles. The number of benzene rings is 1. The molecule has 0 aliphatic rings. The Hall–Kier alpha value is -1.39. The van der Waals surface area contributed by atoms with Gasteiger partial charge >= 0.3 is 5.97 Å². The summed E-state index contributed by atoms with van der Waals surface area (Å²) in [6, 6.07) is 2.81. The number of hydrogen-bond donors (Lipinski definition) is 2. The zero-order valence-electron chi connectivity index (χ0n) is 8.16. The van der Waals surface area contributed by atoms with Crippen LogP contribution in [-0.2, 0) is 7.05 Å². The van der Waals surface area contributed by atoms with Gasteiger partial charge < -0.3 is 14.8 Å². The summed E-state index contributed by atoms with van der Waals surface area (Å²) in [5.74, 6) is -1.23. The number of rotatable bonds is 1. The quantitative estimate of drug-likeness (QED) is 0.828. The summed E-state index contributed by atoms with van der Waals surface area (Å²) in [7, 11) is 1.58. The van der Waals surface area contributed by atoms with E-state index >= 15 is 0 Å². The van der Waals surface area contributed by atoms with Crippen LogP contribution < -0.4 is 0 Å². The first-order chi connectivity index (χ1) is 7.43. The molecule has 84 valence electrons. The van der Waals surface area contributed by atoms with Crippen molar-refractivity contribution in [3.05, 3.63) is 27.9 Å². The Labute approximate surface area is 101 Å². The highest BCUT2D eigenvalue weighted by Gasteiger charge is 2.17. The summed E-state index contributed by atoms with van der Waals surface area (Å²) in [5.41, 5.74) is 0.600. The van der Waals surface area contributed by atoms with Gasteiger partial charge in [-0.3, -0.25) is 0 Å². The number of phenolic OH excluding ortho intramolecular Hbond substituents is 1. The number of aromatic hydroxyl groups is 1. The first-order valence-corrected chi connectivity index (χ1v) is 5.08. The molecule has 0 amide bonds. The number of carboxylic acids is 1. The molecule has 0 unspecified atom stereocenters. The highest BCUT2D eigenvalue weighted by molar-refractivity contribution is 6.46. The molecule has 1 heterocycles. The van der Waals surface area contributed by atoms with Gasteiger partial charge in [-0.05, 0) is 6.07 Å². The molecule has 0 fully saturated rings. The van der Waals surface area contributed by atoms with Crippen molar-refractivity contribution in [3.63, 3.8) is 0 Å². The average Bonchev–Trinajstić information content (AvgIpc) is 2.54. The molecule has 0 aliphatic heterocycles. The molecule has 0 bridgehead atoms. The van der Waals surface area contributed by atoms with Crippen LogP contribution in [0.15, 0.2) is 12.1 Å². The predicted molar refractivity (Wildman–Crippen MR) is 61.6 cm³/mol. The number of carboxylic acid groups (broad SMARTS) is 1. The molecule has 16 heavy (non-hydrogen) atoms. The minimum Gasteiger partial charge on any atom is -0.506 e. The highest BCUT2D eigenvalue weighted by atomic mass is 35.5. The second-order valence-corrected chi connectivity index (χ2v) is 4.11. The fraction of sp³-hybridized carbons (Fsp3) is 0.100. The lowest BCUT2D eigenvalue weighted by atomic mass is 10.2. The molecule has 2 rings (SSSR count). The van der Waals surface area contributed by atoms with Crippen LogP contribution >= 0.6 is 23.2 Å². The highest BCUT2D eigenvalue weighted by Crippen LogP contribution is 2.38. The van der Waals surface area contributed by atoms with Crippen molar-refractivity contribution in [2.75, 3.05) is 0 Å². The van der Waals surface area contributed by atoms with Gasteiger partial charge in [-0.25, -0.2) is 4.79 Å². The van der Waals surface area contributed by atoms with Crippen molar-refractivity contribution in [1.82, 2.24) is 4.57 Å². The van der Waals surface area contributed by atoms with E-state index in [1.807, 2.05) is 0 Å². The molecule has 0 saturated heterocycles. The Morgan fingerprint density at radius 2 is 1.94 bits per heavy atom. The summed E-state index contributed by atoms with van der Waals surface area (Å²) in [5, 5.41) is 19.1. The van der Waals surface area contributed by atoms with E-state index in [-0.39, 0.29) is 21.5 Å². The number of aromatic carboxylic acids is 1. The van der Waals surface area contributed by atoms with Crippen LogP contribution in [0.1, 0.15) is 10.5 Å². The summed E-state index contributed by atoms with van der Waals surface area (Å²) in [6.07, 6.45) is 0. The maximum atomic E-state index is 10.9. The maximum Gasteiger partial charge on any atom is 0.352 e. The smallest absolute Gasteiger partial charge is 0.352 e. The number of carbonyl (C=O) groups is 1. The number of nitrogens with zero attached hydrogens (tertiary/aromatic N) is 1. The van der Waals surface area contributed by atoms with Crippen molar-refractivity contribution >= 4 is 40.1 Å². The third kappa shape index (κ3) is 1.42. The fourth-order valence-electron chi connectivity index (χ4n) is 1.60. The van der Waals surface area contributed by atoms with E-state index in [1.54, 1.807) is 7.05 Å². The summed E-state index contributed by atoms with van der Waals surface area (Å²) < 4.78 is 1.43. The average molecular weight is 260 g/mol. The van der Waals surface area contributed by atoms with Crippen LogP contribution in [0.4, 0.5) is 0 Å². The molecule has 0 radical (unpaired) electrons. The van der Waals surface area contributed by atoms with Gasteiger partial charge in [-0.1, -0.05) is 23.2 Å². The Kier molecular flexibility index (Phi) is 2.48. The lowest BCUT2D eigenvalue weighted by Gasteiger charge is -2.03. The monoisotopic (exact) mass is 259 g/mol. The Bertz CT molecular complexity index is 604. The van der Waals surface area contributed by atoms with Gasteiger partial charge in [0.2, 0.25) is 0 Å². The van der Waals surface area contributed by atoms with Gasteiger partial charge in [-0.15, -0.1) is 0 Å². The van der Waals surface area contributed by atoms with Crippen molar-refractivity contribution < 1.29 is 15.0 Å². The number of fused-ring (bicyclic) bond motifs is 1. The zero-order chi connectivity index (χ0) is 12.0. The van der Waals surface area contributed by atoms with Crippen LogP contribution in [0.2, 0.25) is 10.0 Å². The van der Waals surface area contributed by atoms with Gasteiger partial charge in [-0.2, -0.15) is 0 Å². The summed E-state index contributed by atoms with van der Waals surface area (Å²) in [4.78, 5) is 10.9. The van der Waals surface area contributed by atoms with Crippen LogP contribution in [0, 0.1) is 0 Å². The molecule has 4 nitrogen and oxygen atoms in total. The molecule has 2 aromatic rings. The normalized spacial score (nSPS) is 10.9. The van der Waals surface area contributed by atoms with E-state index < -0.39 is 5.97 Å². The van der Waals surface area contributed by atoms with Crippen molar-refractivity contribution in [3.8, 4) is 5.75 Å². The first-order valence-electron chi connectivity index (χ1n) is 4.33. The van der Waals surface area contributed by atoms with Gasteiger partial charge in [0.1, 0.15) is 16.5 Å². The standard InChI is InChI=1S/C10H7Cl2NO3/c1-13-5-3-7(14)9(12)8(11)4(5)2-6(13)10(15)16/h2-3,14H,1H3,(H,15,16). The van der Waals surface area contributed by atoms with Crippen LogP contribution in [0.5, 0.6) is 5.75 Å². The molecule has 0 atom stereocenters. The fourth-order valence-corrected chi connectivity index (χ4v) is 2.00. The number of halogens is 2. The number of aromatic nitrogens is 1. The third-order valence-corrected chi connectivity index (χ3v) is 3.30. The SMILES string of the molecule is Cn1c(C(=O)O)cc2c(Cl)c(Cl)c(O)cc21. The molecule has 0 aliphatic carbocycles. The Morgan fingerprint density at radius 1 is 1.31 bits per heavy atom. The Morgan fingerprint density at radius 3 is 2.50 bits per heavy atom. The lowest BCUT2D eigenvalue weighted by Crippen LogP contribution is -2.03. The van der Waals surface area contributed by atoms with Crippen molar-refractivity contribution in [2.45, 2.75) is 0 Å². The van der Waals surface area contributed by atoms with Crippen LogP contribution in [0.25, 0.3) is 10.9 Å². The molecular formula is C10H7Cl2NO3. The minimum absolute atomic E-state index is 0.0247. The van der Waals surface area contributed by atoms with Gasteiger partial charge in [0.25, 0.3) is 0 Å². The van der Waals surface area contributed by atoms with Crippen molar-refractivity contribution in [2.24, 2.45) is 7.05 Å². The minimum atomic E-state index is -1.06. The number of aryl methyl sites for hydroxylation is 1. The first kappa shape index (κ1) is 11.1. The second kappa shape index (κ2) is 3.57. The van der Waals surface area contributed by atoms with E-state index in [1.165, 1.54) is 16.7 Å². The topological polar surface area (TPSA) is 62.5 Å². The Balaban J connectivity index is 2.92.